The van der Waals surface area contributed by atoms with Crippen molar-refractivity contribution in [3.63, 3.8) is 0 Å². The fourth-order valence-corrected chi connectivity index (χ4v) is 6.28. The molecule has 0 spiro atoms. The lowest BCUT2D eigenvalue weighted by molar-refractivity contribution is -0.122. The van der Waals surface area contributed by atoms with E-state index in [2.05, 4.69) is 0 Å². The molecule has 1 heterocycles. The van der Waals surface area contributed by atoms with Crippen molar-refractivity contribution in [3.8, 4) is 0 Å². The molecule has 34 heavy (non-hydrogen) atoms. The molecule has 11 heteroatoms. The van der Waals surface area contributed by atoms with Crippen LogP contribution in [0.1, 0.15) is 12.0 Å². The van der Waals surface area contributed by atoms with Crippen molar-refractivity contribution < 1.29 is 18.0 Å². The first kappa shape index (κ1) is 25.0. The van der Waals surface area contributed by atoms with Gasteiger partial charge in [-0.15, -0.1) is 0 Å². The number of benzene rings is 3. The Hall–Kier alpha value is -2.13. The topological polar surface area (TPSA) is 74.8 Å². The third-order valence-corrected chi connectivity index (χ3v) is 8.51. The quantitative estimate of drug-likeness (QED) is 0.358. The highest BCUT2D eigenvalue weighted by Gasteiger charge is 2.47. The number of nitrogens with zero attached hydrogens (tertiary/aromatic N) is 2. The van der Waals surface area contributed by atoms with Gasteiger partial charge in [0, 0.05) is 21.6 Å². The monoisotopic (exact) mass is 556 g/mol. The average molecular weight is 558 g/mol. The molecule has 3 aromatic rings. The van der Waals surface area contributed by atoms with Gasteiger partial charge in [-0.3, -0.25) is 9.59 Å². The molecule has 1 aliphatic heterocycles. The van der Waals surface area contributed by atoms with Gasteiger partial charge in [0.2, 0.25) is 15.9 Å². The fraction of sp³-hybridized carbons (Fsp3) is 0.130. The molecule has 1 aliphatic rings. The minimum absolute atomic E-state index is 0.0695. The van der Waals surface area contributed by atoms with Gasteiger partial charge in [0.15, 0.2) is 0 Å². The van der Waals surface area contributed by atoms with Crippen molar-refractivity contribution >= 4 is 73.9 Å². The summed E-state index contributed by atoms with van der Waals surface area (Å²) in [5.74, 6) is -1.24. The molecular weight excluding hydrogens is 542 g/mol. The molecule has 6 nitrogen and oxygen atoms in total. The van der Waals surface area contributed by atoms with E-state index in [4.69, 9.17) is 46.4 Å². The van der Waals surface area contributed by atoms with Gasteiger partial charge in [-0.2, -0.15) is 4.31 Å². The van der Waals surface area contributed by atoms with Crippen molar-refractivity contribution in [2.75, 3.05) is 4.90 Å². The second-order valence-electron chi connectivity index (χ2n) is 7.48. The summed E-state index contributed by atoms with van der Waals surface area (Å²) in [6, 6.07) is 15.4. The van der Waals surface area contributed by atoms with E-state index in [-0.39, 0.29) is 33.6 Å². The van der Waals surface area contributed by atoms with E-state index in [9.17, 15) is 18.0 Å². The van der Waals surface area contributed by atoms with E-state index >= 15 is 0 Å². The summed E-state index contributed by atoms with van der Waals surface area (Å²) in [7, 11) is -4.38. The van der Waals surface area contributed by atoms with Gasteiger partial charge >= 0.3 is 0 Å². The van der Waals surface area contributed by atoms with Crippen LogP contribution in [0.4, 0.5) is 5.69 Å². The van der Waals surface area contributed by atoms with E-state index in [1.165, 1.54) is 42.5 Å². The number of hydrogen-bond donors (Lipinski definition) is 0. The Morgan fingerprint density at radius 2 is 1.50 bits per heavy atom. The van der Waals surface area contributed by atoms with Gasteiger partial charge in [0.05, 0.1) is 17.1 Å². The van der Waals surface area contributed by atoms with Crippen LogP contribution in [-0.4, -0.2) is 30.6 Å². The van der Waals surface area contributed by atoms with Crippen LogP contribution in [0, 0.1) is 0 Å². The van der Waals surface area contributed by atoms with Crippen LogP contribution in [0.25, 0.3) is 0 Å². The van der Waals surface area contributed by atoms with E-state index < -0.39 is 27.9 Å². The summed E-state index contributed by atoms with van der Waals surface area (Å²) in [6.07, 6.45) is -0.358. The molecule has 1 unspecified atom stereocenters. The van der Waals surface area contributed by atoms with Crippen LogP contribution in [0.15, 0.2) is 71.6 Å². The number of anilines is 1. The highest BCUT2D eigenvalue weighted by atomic mass is 35.5. The molecule has 1 atom stereocenters. The zero-order valence-corrected chi connectivity index (χ0v) is 21.1. The summed E-state index contributed by atoms with van der Waals surface area (Å²) in [5.41, 5.74) is 0.744. The van der Waals surface area contributed by atoms with E-state index in [1.54, 1.807) is 24.3 Å². The molecule has 0 bridgehead atoms. The summed E-state index contributed by atoms with van der Waals surface area (Å²) >= 11 is 24.5. The number of rotatable bonds is 6. The van der Waals surface area contributed by atoms with E-state index in [0.717, 1.165) is 9.21 Å². The lowest BCUT2D eigenvalue weighted by Crippen LogP contribution is -2.45. The third kappa shape index (κ3) is 4.82. The maximum atomic E-state index is 13.8. The van der Waals surface area contributed by atoms with Crippen LogP contribution >= 0.6 is 46.4 Å². The number of imide groups is 1. The number of sulfonamides is 1. The molecule has 0 N–H and O–H groups in total. The Bertz CT molecular complexity index is 1380. The molecule has 4 rings (SSSR count). The fourth-order valence-electron chi connectivity index (χ4n) is 3.66. The van der Waals surface area contributed by atoms with Gasteiger partial charge < -0.3 is 0 Å². The zero-order valence-electron chi connectivity index (χ0n) is 17.3. The SMILES string of the molecule is O=C1CC(N(Cc2ccccc2Cl)S(=O)(=O)c2cc(Cl)ccc2Cl)C(=O)N1c1ccc(Cl)cc1. The molecule has 1 fully saturated rings. The molecular formula is C23H16Cl4N2O4S. The predicted molar refractivity (Wildman–Crippen MR) is 133 cm³/mol. The second kappa shape index (κ2) is 9.85. The maximum Gasteiger partial charge on any atom is 0.252 e. The van der Waals surface area contributed by atoms with Crippen LogP contribution in [0.5, 0.6) is 0 Å². The first-order chi connectivity index (χ1) is 16.1. The normalized spacial score (nSPS) is 16.5. The zero-order chi connectivity index (χ0) is 24.6. The minimum atomic E-state index is -4.38. The smallest absolute Gasteiger partial charge is 0.252 e. The maximum absolute atomic E-state index is 13.8. The standard InChI is InChI=1S/C23H16Cl4N2O4S/c24-15-5-8-17(9-6-15)29-22(30)12-20(23(29)31)28(13-14-3-1-2-4-18(14)26)34(32,33)21-11-16(25)7-10-19(21)27/h1-11,20H,12-13H2. The van der Waals surface area contributed by atoms with Crippen molar-refractivity contribution in [1.29, 1.82) is 0 Å². The van der Waals surface area contributed by atoms with Gasteiger partial charge in [0.25, 0.3) is 5.91 Å². The molecule has 0 saturated carbocycles. The average Bonchev–Trinajstić information content (AvgIpc) is 3.08. The second-order valence-corrected chi connectivity index (χ2v) is 11.0. The Balaban J connectivity index is 1.81. The van der Waals surface area contributed by atoms with Crippen LogP contribution in [-0.2, 0) is 26.2 Å². The number of carbonyl (C=O) groups excluding carboxylic acids is 2. The van der Waals surface area contributed by atoms with Gasteiger partial charge in [-0.25, -0.2) is 13.3 Å². The minimum Gasteiger partial charge on any atom is -0.274 e. The lowest BCUT2D eigenvalue weighted by atomic mass is 10.2. The Morgan fingerprint density at radius 1 is 0.853 bits per heavy atom. The highest BCUT2D eigenvalue weighted by Crippen LogP contribution is 2.35. The summed E-state index contributed by atoms with van der Waals surface area (Å²) in [5, 5.41) is 0.821. The lowest BCUT2D eigenvalue weighted by Gasteiger charge is -2.27. The Kier molecular flexibility index (Phi) is 7.24. The Morgan fingerprint density at radius 3 is 2.18 bits per heavy atom. The molecule has 2 amide bonds. The molecule has 0 aromatic heterocycles. The number of amides is 2. The molecule has 3 aromatic carbocycles. The number of halogens is 4. The first-order valence-electron chi connectivity index (χ1n) is 9.92. The van der Waals surface area contributed by atoms with Crippen LogP contribution < -0.4 is 4.90 Å². The molecule has 0 aliphatic carbocycles. The van der Waals surface area contributed by atoms with Crippen molar-refractivity contribution in [1.82, 2.24) is 4.31 Å². The summed E-state index contributed by atoms with van der Waals surface area (Å²) in [6.45, 7) is -0.261. The van der Waals surface area contributed by atoms with Gasteiger partial charge in [-0.05, 0) is 54.1 Å². The molecule has 176 valence electrons. The largest absolute Gasteiger partial charge is 0.274 e. The van der Waals surface area contributed by atoms with Gasteiger partial charge in [0.1, 0.15) is 10.9 Å². The Labute approximate surface area is 216 Å². The van der Waals surface area contributed by atoms with Crippen LogP contribution in [0.2, 0.25) is 20.1 Å². The van der Waals surface area contributed by atoms with Gasteiger partial charge in [-0.1, -0.05) is 64.6 Å². The van der Waals surface area contributed by atoms with E-state index in [1.807, 2.05) is 0 Å². The summed E-state index contributed by atoms with van der Waals surface area (Å²) < 4.78 is 28.5. The molecule has 1 saturated heterocycles. The predicted octanol–water partition coefficient (Wildman–Crippen LogP) is 5.82. The number of hydrogen-bond acceptors (Lipinski definition) is 4. The highest BCUT2D eigenvalue weighted by molar-refractivity contribution is 7.89. The van der Waals surface area contributed by atoms with E-state index in [0.29, 0.717) is 15.6 Å². The summed E-state index contributed by atoms with van der Waals surface area (Å²) in [4.78, 5) is 27.0. The number of carbonyl (C=O) groups is 2. The van der Waals surface area contributed by atoms with Crippen molar-refractivity contribution in [2.24, 2.45) is 0 Å². The van der Waals surface area contributed by atoms with Crippen molar-refractivity contribution in [2.45, 2.75) is 23.9 Å². The van der Waals surface area contributed by atoms with Crippen LogP contribution in [0.3, 0.4) is 0 Å². The third-order valence-electron chi connectivity index (χ3n) is 5.32. The molecule has 0 radical (unpaired) electrons. The first-order valence-corrected chi connectivity index (χ1v) is 12.9. The van der Waals surface area contributed by atoms with Crippen molar-refractivity contribution in [3.05, 3.63) is 92.4 Å².